The Morgan fingerprint density at radius 2 is 0.946 bits per heavy atom. The van der Waals surface area contributed by atoms with Gasteiger partial charge in [0.2, 0.25) is 5.91 Å². The van der Waals surface area contributed by atoms with Crippen LogP contribution in [-0.4, -0.2) is 80.5 Å². The van der Waals surface area contributed by atoms with Gasteiger partial charge in [-0.2, -0.15) is 0 Å². The maximum absolute atomic E-state index is 12.9. The molecule has 0 rings (SSSR count). The lowest BCUT2D eigenvalue weighted by molar-refractivity contribution is -0.140. The van der Waals surface area contributed by atoms with Crippen LogP contribution in [0.2, 0.25) is 0 Å². The number of rotatable bonds is 27. The molecule has 222 valence electrons. The van der Waals surface area contributed by atoms with Gasteiger partial charge in [-0.25, -0.2) is 0 Å². The Morgan fingerprint density at radius 1 is 0.568 bits per heavy atom. The summed E-state index contributed by atoms with van der Waals surface area (Å²) in [5.74, 6) is -0.0395. The number of amides is 1. The largest absolute Gasteiger partial charge is 0.394 e. The lowest BCUT2D eigenvalue weighted by Crippen LogP contribution is -2.50. The summed E-state index contributed by atoms with van der Waals surface area (Å²) in [6.45, 7) is 4.14. The highest BCUT2D eigenvalue weighted by atomic mass is 16.4. The Hall–Kier alpha value is -0.730. The smallest absolute Gasteiger partial charge is 0.222 e. The van der Waals surface area contributed by atoms with E-state index in [1.807, 2.05) is 0 Å². The van der Waals surface area contributed by atoms with E-state index in [4.69, 9.17) is 5.11 Å². The van der Waals surface area contributed by atoms with Gasteiger partial charge in [0, 0.05) is 19.5 Å². The maximum Gasteiger partial charge on any atom is 0.222 e. The number of carbonyl (C=O) groups is 1. The molecular formula is C30H61NO6. The van der Waals surface area contributed by atoms with Crippen molar-refractivity contribution < 1.29 is 30.3 Å². The molecule has 5 N–H and O–H groups in total. The zero-order valence-electron chi connectivity index (χ0n) is 24.2. The summed E-state index contributed by atoms with van der Waals surface area (Å²) >= 11 is 0. The minimum Gasteiger partial charge on any atom is -0.394 e. The van der Waals surface area contributed by atoms with Crippen LogP contribution in [0.25, 0.3) is 0 Å². The highest BCUT2D eigenvalue weighted by molar-refractivity contribution is 5.76. The second-order valence-electron chi connectivity index (χ2n) is 10.9. The number of aliphatic hydroxyl groups excluding tert-OH is 5. The lowest BCUT2D eigenvalue weighted by atomic mass is 10.0. The van der Waals surface area contributed by atoms with Crippen molar-refractivity contribution in [2.75, 3.05) is 19.7 Å². The molecular weight excluding hydrogens is 470 g/mol. The fourth-order valence-electron chi connectivity index (χ4n) is 4.75. The van der Waals surface area contributed by atoms with Crippen molar-refractivity contribution in [1.82, 2.24) is 4.90 Å². The van der Waals surface area contributed by atoms with Gasteiger partial charge in [-0.05, 0) is 12.8 Å². The fourth-order valence-corrected chi connectivity index (χ4v) is 4.75. The Bertz CT molecular complexity index is 506. The number of hydrogen-bond donors (Lipinski definition) is 5. The monoisotopic (exact) mass is 531 g/mol. The van der Waals surface area contributed by atoms with E-state index in [9.17, 15) is 25.2 Å². The van der Waals surface area contributed by atoms with Crippen molar-refractivity contribution in [2.45, 2.75) is 167 Å². The molecule has 0 saturated heterocycles. The second kappa shape index (κ2) is 25.5. The molecule has 0 unspecified atom stereocenters. The zero-order valence-corrected chi connectivity index (χ0v) is 24.2. The molecule has 0 heterocycles. The Labute approximate surface area is 227 Å². The average molecular weight is 532 g/mol. The molecule has 0 aromatic carbocycles. The summed E-state index contributed by atoms with van der Waals surface area (Å²) in [4.78, 5) is 14.5. The van der Waals surface area contributed by atoms with E-state index in [1.165, 1.54) is 83.5 Å². The van der Waals surface area contributed by atoms with Crippen molar-refractivity contribution >= 4 is 5.91 Å². The molecule has 0 spiro atoms. The zero-order chi connectivity index (χ0) is 27.7. The summed E-state index contributed by atoms with van der Waals surface area (Å²) in [6, 6.07) is 0. The second-order valence-corrected chi connectivity index (χ2v) is 10.9. The summed E-state index contributed by atoms with van der Waals surface area (Å²) in [7, 11) is 0. The first-order chi connectivity index (χ1) is 17.9. The molecule has 0 bridgehead atoms. The first-order valence-corrected chi connectivity index (χ1v) is 15.5. The molecule has 37 heavy (non-hydrogen) atoms. The van der Waals surface area contributed by atoms with Gasteiger partial charge in [0.25, 0.3) is 0 Å². The summed E-state index contributed by atoms with van der Waals surface area (Å²) in [5.41, 5.74) is 0. The molecule has 0 aliphatic heterocycles. The van der Waals surface area contributed by atoms with Crippen LogP contribution in [0.15, 0.2) is 0 Å². The molecule has 0 aliphatic rings. The number of unbranched alkanes of at least 4 members (excludes halogenated alkanes) is 17. The van der Waals surface area contributed by atoms with E-state index in [0.717, 1.165) is 38.5 Å². The van der Waals surface area contributed by atoms with Crippen LogP contribution in [-0.2, 0) is 4.79 Å². The third kappa shape index (κ3) is 19.9. The minimum absolute atomic E-state index is 0.0395. The molecule has 0 aromatic rings. The predicted molar refractivity (Wildman–Crippen MR) is 151 cm³/mol. The first-order valence-electron chi connectivity index (χ1n) is 15.5. The van der Waals surface area contributed by atoms with E-state index in [1.54, 1.807) is 4.90 Å². The highest BCUT2D eigenvalue weighted by Crippen LogP contribution is 2.15. The van der Waals surface area contributed by atoms with Crippen LogP contribution in [0.1, 0.15) is 142 Å². The SMILES string of the molecule is CCCCCCCCCCCCN(C[C@H](O)[C@@H](O)[C@H](O)[C@H](O)CO)C(=O)CCCCCCCCCCC. The molecule has 0 fully saturated rings. The van der Waals surface area contributed by atoms with Crippen LogP contribution in [0.5, 0.6) is 0 Å². The first kappa shape index (κ1) is 36.3. The molecule has 0 aliphatic carbocycles. The van der Waals surface area contributed by atoms with Gasteiger partial charge in [-0.1, -0.05) is 123 Å². The molecule has 4 atom stereocenters. The van der Waals surface area contributed by atoms with Gasteiger partial charge in [-0.15, -0.1) is 0 Å². The maximum atomic E-state index is 12.9. The minimum atomic E-state index is -1.67. The van der Waals surface area contributed by atoms with Crippen molar-refractivity contribution in [3.05, 3.63) is 0 Å². The molecule has 7 nitrogen and oxygen atoms in total. The van der Waals surface area contributed by atoms with E-state index in [-0.39, 0.29) is 12.5 Å². The van der Waals surface area contributed by atoms with Crippen molar-refractivity contribution in [2.24, 2.45) is 0 Å². The van der Waals surface area contributed by atoms with E-state index in [0.29, 0.717) is 13.0 Å². The summed E-state index contributed by atoms with van der Waals surface area (Å²) in [5, 5.41) is 49.2. The number of nitrogens with zero attached hydrogens (tertiary/aromatic N) is 1. The quantitative estimate of drug-likeness (QED) is 0.0941. The Balaban J connectivity index is 4.47. The van der Waals surface area contributed by atoms with Crippen LogP contribution < -0.4 is 0 Å². The Kier molecular flexibility index (Phi) is 25.0. The van der Waals surface area contributed by atoms with E-state index >= 15 is 0 Å². The molecule has 0 radical (unpaired) electrons. The third-order valence-electron chi connectivity index (χ3n) is 7.36. The van der Waals surface area contributed by atoms with Crippen molar-refractivity contribution in [3.63, 3.8) is 0 Å². The van der Waals surface area contributed by atoms with Crippen LogP contribution in [0.3, 0.4) is 0 Å². The van der Waals surface area contributed by atoms with Gasteiger partial charge < -0.3 is 30.4 Å². The van der Waals surface area contributed by atoms with Crippen LogP contribution >= 0.6 is 0 Å². The number of aliphatic hydroxyl groups is 5. The fraction of sp³-hybridized carbons (Fsp3) is 0.967. The van der Waals surface area contributed by atoms with Gasteiger partial charge >= 0.3 is 0 Å². The van der Waals surface area contributed by atoms with Gasteiger partial charge in [0.1, 0.15) is 24.4 Å². The third-order valence-corrected chi connectivity index (χ3v) is 7.36. The van der Waals surface area contributed by atoms with Crippen LogP contribution in [0, 0.1) is 0 Å². The van der Waals surface area contributed by atoms with Crippen molar-refractivity contribution in [1.29, 1.82) is 0 Å². The van der Waals surface area contributed by atoms with E-state index in [2.05, 4.69) is 13.8 Å². The number of carbonyl (C=O) groups excluding carboxylic acids is 1. The van der Waals surface area contributed by atoms with Crippen LogP contribution in [0.4, 0.5) is 0 Å². The Morgan fingerprint density at radius 3 is 1.38 bits per heavy atom. The standard InChI is InChI=1S/C30H61NO6/c1-3-5-7-9-11-13-15-17-19-21-23-31(24-26(33)29(36)30(37)27(34)25-32)28(35)22-20-18-16-14-12-10-8-6-4-2/h26-27,29-30,32-34,36-37H,3-25H2,1-2H3/t26-,27+,29+,30+/m0/s1. The lowest BCUT2D eigenvalue weighted by Gasteiger charge is -2.30. The van der Waals surface area contributed by atoms with E-state index < -0.39 is 31.0 Å². The van der Waals surface area contributed by atoms with Gasteiger partial charge in [-0.3, -0.25) is 4.79 Å². The number of hydrogen-bond acceptors (Lipinski definition) is 6. The topological polar surface area (TPSA) is 121 Å². The van der Waals surface area contributed by atoms with Gasteiger partial charge in [0.15, 0.2) is 0 Å². The molecule has 1 amide bonds. The molecule has 0 saturated carbocycles. The van der Waals surface area contributed by atoms with Crippen molar-refractivity contribution in [3.8, 4) is 0 Å². The molecule has 0 aromatic heterocycles. The average Bonchev–Trinajstić information content (AvgIpc) is 2.90. The predicted octanol–water partition coefficient (Wildman–Crippen LogP) is 5.09. The van der Waals surface area contributed by atoms with Gasteiger partial charge in [0.05, 0.1) is 6.61 Å². The highest BCUT2D eigenvalue weighted by Gasteiger charge is 2.31. The normalized spacial score (nSPS) is 14.9. The molecule has 7 heteroatoms. The summed E-state index contributed by atoms with van der Waals surface area (Å²) in [6.07, 6.45) is 16.7. The summed E-state index contributed by atoms with van der Waals surface area (Å²) < 4.78 is 0.